The van der Waals surface area contributed by atoms with Crippen molar-refractivity contribution in [2.75, 3.05) is 18.5 Å². The number of nitrogens with zero attached hydrogens (tertiary/aromatic N) is 2. The number of hydrogen-bond acceptors (Lipinski definition) is 5. The van der Waals surface area contributed by atoms with Crippen LogP contribution in [0.25, 0.3) is 0 Å². The van der Waals surface area contributed by atoms with Gasteiger partial charge in [0.25, 0.3) is 0 Å². The molecule has 2 heterocycles. The molecule has 0 amide bonds. The van der Waals surface area contributed by atoms with Crippen LogP contribution < -0.4 is 5.32 Å². The Hall–Kier alpha value is -2.24. The van der Waals surface area contributed by atoms with Crippen LogP contribution in [0.5, 0.6) is 0 Å². The Morgan fingerprint density at radius 2 is 2.08 bits per heavy atom. The lowest BCUT2D eigenvalue weighted by Crippen LogP contribution is -2.32. The van der Waals surface area contributed by atoms with Crippen LogP contribution >= 0.6 is 0 Å². The summed E-state index contributed by atoms with van der Waals surface area (Å²) in [6.45, 7) is 4.35. The number of ketones is 1. The van der Waals surface area contributed by atoms with Crippen LogP contribution in [0.1, 0.15) is 41.3 Å². The molecule has 2 N–H and O–H groups in total. The summed E-state index contributed by atoms with van der Waals surface area (Å²) in [6, 6.07) is 12.3. The molecule has 1 fully saturated rings. The lowest BCUT2D eigenvalue weighted by molar-refractivity contribution is 0.101. The third-order valence-corrected chi connectivity index (χ3v) is 4.83. The minimum atomic E-state index is 0.0217. The summed E-state index contributed by atoms with van der Waals surface area (Å²) in [7, 11) is 0. The molecule has 2 aromatic rings. The lowest BCUT2D eigenvalue weighted by Gasteiger charge is -2.24. The summed E-state index contributed by atoms with van der Waals surface area (Å²) < 4.78 is 0. The Morgan fingerprint density at radius 1 is 1.28 bits per heavy atom. The quantitative estimate of drug-likeness (QED) is 0.760. The smallest absolute Gasteiger partial charge is 0.161 e. The van der Waals surface area contributed by atoms with E-state index in [-0.39, 0.29) is 18.4 Å². The van der Waals surface area contributed by atoms with Crippen LogP contribution in [0.4, 0.5) is 5.82 Å². The van der Waals surface area contributed by atoms with Gasteiger partial charge in [-0.25, -0.2) is 4.98 Å². The highest BCUT2D eigenvalue weighted by molar-refractivity contribution is 5.93. The molecule has 132 valence electrons. The van der Waals surface area contributed by atoms with Crippen molar-refractivity contribution in [1.29, 1.82) is 0 Å². The molecule has 0 aliphatic carbocycles. The van der Waals surface area contributed by atoms with Crippen molar-refractivity contribution >= 4 is 11.6 Å². The first-order chi connectivity index (χ1) is 12.2. The first-order valence-corrected chi connectivity index (χ1v) is 8.80. The Labute approximate surface area is 148 Å². The average molecular weight is 339 g/mol. The third kappa shape index (κ3) is 4.44. The molecule has 5 heteroatoms. The van der Waals surface area contributed by atoms with Gasteiger partial charge in [-0.3, -0.25) is 9.69 Å². The SMILES string of the molecule is CC(=O)c1ccc(NCc2ccccc2CN2CCC[C@H]2CO)nc1. The average Bonchev–Trinajstić information content (AvgIpc) is 3.08. The number of aromatic nitrogens is 1. The summed E-state index contributed by atoms with van der Waals surface area (Å²) in [4.78, 5) is 18.0. The van der Waals surface area contributed by atoms with Gasteiger partial charge in [0.2, 0.25) is 0 Å². The van der Waals surface area contributed by atoms with Crippen LogP contribution in [-0.4, -0.2) is 40.0 Å². The van der Waals surface area contributed by atoms with E-state index in [1.54, 1.807) is 19.2 Å². The zero-order valence-electron chi connectivity index (χ0n) is 14.6. The molecule has 1 aromatic carbocycles. The molecule has 25 heavy (non-hydrogen) atoms. The number of aliphatic hydroxyl groups excluding tert-OH is 1. The highest BCUT2D eigenvalue weighted by Crippen LogP contribution is 2.21. The number of rotatable bonds is 7. The van der Waals surface area contributed by atoms with E-state index in [1.807, 2.05) is 12.1 Å². The number of Topliss-reactive ketones (excluding diaryl/α,β-unsaturated/α-hetero) is 1. The van der Waals surface area contributed by atoms with Gasteiger partial charge < -0.3 is 10.4 Å². The Balaban J connectivity index is 1.65. The maximum atomic E-state index is 11.3. The van der Waals surface area contributed by atoms with Crippen LogP contribution in [0.2, 0.25) is 0 Å². The fourth-order valence-electron chi connectivity index (χ4n) is 3.31. The maximum Gasteiger partial charge on any atom is 0.161 e. The van der Waals surface area contributed by atoms with Crippen LogP contribution in [0, 0.1) is 0 Å². The van der Waals surface area contributed by atoms with Crippen molar-refractivity contribution in [3.05, 3.63) is 59.3 Å². The van der Waals surface area contributed by atoms with E-state index in [9.17, 15) is 9.90 Å². The van der Waals surface area contributed by atoms with Gasteiger partial charge in [-0.05, 0) is 49.6 Å². The van der Waals surface area contributed by atoms with E-state index < -0.39 is 0 Å². The second kappa shape index (κ2) is 8.23. The minimum absolute atomic E-state index is 0.0217. The van der Waals surface area contributed by atoms with Crippen molar-refractivity contribution < 1.29 is 9.90 Å². The Kier molecular flexibility index (Phi) is 5.79. The summed E-state index contributed by atoms with van der Waals surface area (Å²) in [6.07, 6.45) is 3.83. The number of benzene rings is 1. The van der Waals surface area contributed by atoms with E-state index >= 15 is 0 Å². The lowest BCUT2D eigenvalue weighted by atomic mass is 10.1. The van der Waals surface area contributed by atoms with Gasteiger partial charge >= 0.3 is 0 Å². The number of nitrogens with one attached hydrogen (secondary N) is 1. The second-order valence-corrected chi connectivity index (χ2v) is 6.56. The van der Waals surface area contributed by atoms with Crippen molar-refractivity contribution in [3.8, 4) is 0 Å². The monoisotopic (exact) mass is 339 g/mol. The van der Waals surface area contributed by atoms with E-state index in [2.05, 4.69) is 33.4 Å². The minimum Gasteiger partial charge on any atom is -0.395 e. The topological polar surface area (TPSA) is 65.5 Å². The summed E-state index contributed by atoms with van der Waals surface area (Å²) >= 11 is 0. The van der Waals surface area contributed by atoms with E-state index in [1.165, 1.54) is 11.1 Å². The number of likely N-dealkylation sites (tertiary alicyclic amines) is 1. The molecule has 3 rings (SSSR count). The molecular weight excluding hydrogens is 314 g/mol. The molecule has 1 aromatic heterocycles. The molecule has 1 aliphatic heterocycles. The number of carbonyl (C=O) groups is 1. The Bertz CT molecular complexity index is 715. The van der Waals surface area contributed by atoms with Crippen LogP contribution in [-0.2, 0) is 13.1 Å². The number of anilines is 1. The zero-order valence-corrected chi connectivity index (χ0v) is 14.6. The largest absolute Gasteiger partial charge is 0.395 e. The fourth-order valence-corrected chi connectivity index (χ4v) is 3.31. The highest BCUT2D eigenvalue weighted by Gasteiger charge is 2.24. The van der Waals surface area contributed by atoms with E-state index in [4.69, 9.17) is 0 Å². The normalized spacial score (nSPS) is 17.6. The molecule has 0 radical (unpaired) electrons. The molecule has 1 atom stereocenters. The van der Waals surface area contributed by atoms with E-state index in [0.717, 1.165) is 31.7 Å². The molecular formula is C20H25N3O2. The van der Waals surface area contributed by atoms with Crippen molar-refractivity contribution in [3.63, 3.8) is 0 Å². The maximum absolute atomic E-state index is 11.3. The molecule has 0 bridgehead atoms. The first-order valence-electron chi connectivity index (χ1n) is 8.80. The number of carbonyl (C=O) groups excluding carboxylic acids is 1. The third-order valence-electron chi connectivity index (χ3n) is 4.83. The van der Waals surface area contributed by atoms with Crippen molar-refractivity contribution in [2.45, 2.75) is 38.9 Å². The van der Waals surface area contributed by atoms with Gasteiger partial charge in [0.1, 0.15) is 5.82 Å². The number of aliphatic hydroxyl groups is 1. The Morgan fingerprint density at radius 3 is 2.76 bits per heavy atom. The van der Waals surface area contributed by atoms with E-state index in [0.29, 0.717) is 12.1 Å². The fraction of sp³-hybridized carbons (Fsp3) is 0.400. The molecule has 5 nitrogen and oxygen atoms in total. The number of pyridine rings is 1. The number of hydrogen-bond donors (Lipinski definition) is 2. The van der Waals surface area contributed by atoms with Crippen LogP contribution in [0.15, 0.2) is 42.6 Å². The van der Waals surface area contributed by atoms with Crippen LogP contribution in [0.3, 0.4) is 0 Å². The molecule has 0 unspecified atom stereocenters. The highest BCUT2D eigenvalue weighted by atomic mass is 16.3. The van der Waals surface area contributed by atoms with Crippen molar-refractivity contribution in [1.82, 2.24) is 9.88 Å². The first kappa shape index (κ1) is 17.6. The summed E-state index contributed by atoms with van der Waals surface area (Å²) in [5, 5.41) is 12.8. The standard InChI is InChI=1S/C20H25N3O2/c1-15(25)16-8-9-20(21-11-16)22-12-17-5-2-3-6-18(17)13-23-10-4-7-19(23)14-24/h2-3,5-6,8-9,11,19,24H,4,7,10,12-14H2,1H3,(H,21,22)/t19-/m0/s1. The summed E-state index contributed by atoms with van der Waals surface area (Å²) in [5.41, 5.74) is 3.12. The predicted octanol–water partition coefficient (Wildman–Crippen LogP) is 2.85. The zero-order chi connectivity index (χ0) is 17.6. The molecule has 1 aliphatic rings. The summed E-state index contributed by atoms with van der Waals surface area (Å²) in [5.74, 6) is 0.780. The van der Waals surface area contributed by atoms with Gasteiger partial charge in [-0.2, -0.15) is 0 Å². The van der Waals surface area contributed by atoms with Gasteiger partial charge in [0.05, 0.1) is 6.61 Å². The van der Waals surface area contributed by atoms with Gasteiger partial charge in [0.15, 0.2) is 5.78 Å². The predicted molar refractivity (Wildman–Crippen MR) is 98.5 cm³/mol. The van der Waals surface area contributed by atoms with Crippen molar-refractivity contribution in [2.24, 2.45) is 0 Å². The van der Waals surface area contributed by atoms with Gasteiger partial charge in [0, 0.05) is 30.9 Å². The molecule has 0 saturated carbocycles. The molecule has 0 spiro atoms. The van der Waals surface area contributed by atoms with Gasteiger partial charge in [-0.1, -0.05) is 24.3 Å². The second-order valence-electron chi connectivity index (χ2n) is 6.56. The van der Waals surface area contributed by atoms with Gasteiger partial charge in [-0.15, -0.1) is 0 Å². The molecule has 1 saturated heterocycles.